The van der Waals surface area contributed by atoms with Crippen molar-refractivity contribution in [1.82, 2.24) is 4.90 Å². The van der Waals surface area contributed by atoms with E-state index in [1.807, 2.05) is 11.8 Å². The van der Waals surface area contributed by atoms with Gasteiger partial charge in [0.1, 0.15) is 0 Å². The van der Waals surface area contributed by atoms with Gasteiger partial charge in [-0.25, -0.2) is 0 Å². The monoisotopic (exact) mass is 169 g/mol. The molecule has 1 nitrogen and oxygen atoms in total. The van der Waals surface area contributed by atoms with Crippen LogP contribution < -0.4 is 0 Å². The number of nitrogens with zero attached hydrogens (tertiary/aromatic N) is 1. The van der Waals surface area contributed by atoms with Crippen LogP contribution in [0.4, 0.5) is 0 Å². The molecule has 1 atom stereocenters. The molecule has 0 bridgehead atoms. The van der Waals surface area contributed by atoms with Gasteiger partial charge in [-0.2, -0.15) is 0 Å². The van der Waals surface area contributed by atoms with Crippen LogP contribution in [0, 0.1) is 0 Å². The summed E-state index contributed by atoms with van der Waals surface area (Å²) < 4.78 is 0. The lowest BCUT2D eigenvalue weighted by Gasteiger charge is -2.24. The smallest absolute Gasteiger partial charge is 0.0640 e. The third-order valence-corrected chi connectivity index (χ3v) is 3.06. The molecule has 0 aliphatic carbocycles. The van der Waals surface area contributed by atoms with Crippen molar-refractivity contribution in [1.29, 1.82) is 0 Å². The predicted molar refractivity (Wildman–Crippen MR) is 52.6 cm³/mol. The summed E-state index contributed by atoms with van der Waals surface area (Å²) in [6, 6.07) is 0.525. The molecule has 62 valence electrons. The van der Waals surface area contributed by atoms with Crippen LogP contribution in [0.15, 0.2) is 23.8 Å². The third kappa shape index (κ3) is 1.62. The van der Waals surface area contributed by atoms with Crippen molar-refractivity contribution in [3.8, 4) is 0 Å². The molecule has 1 heterocycles. The van der Waals surface area contributed by atoms with E-state index in [9.17, 15) is 0 Å². The number of likely N-dealkylation sites (N-methyl/N-ethyl adjacent to an activating group) is 1. The van der Waals surface area contributed by atoms with Crippen molar-refractivity contribution < 1.29 is 0 Å². The SMILES string of the molecule is C=C(C)C1CSC(=C)N1CC. The minimum absolute atomic E-state index is 0.525. The van der Waals surface area contributed by atoms with Crippen LogP contribution in [0.5, 0.6) is 0 Å². The van der Waals surface area contributed by atoms with E-state index < -0.39 is 0 Å². The zero-order valence-corrected chi connectivity index (χ0v) is 8.08. The summed E-state index contributed by atoms with van der Waals surface area (Å²) in [4.78, 5) is 2.31. The summed E-state index contributed by atoms with van der Waals surface area (Å²) in [5.41, 5.74) is 1.25. The highest BCUT2D eigenvalue weighted by atomic mass is 32.2. The molecule has 1 aliphatic rings. The van der Waals surface area contributed by atoms with Crippen LogP contribution in [0.2, 0.25) is 0 Å². The predicted octanol–water partition coefficient (Wildman–Crippen LogP) is 2.47. The summed E-state index contributed by atoms with van der Waals surface area (Å²) in [5.74, 6) is 1.13. The van der Waals surface area contributed by atoms with Crippen molar-refractivity contribution in [2.24, 2.45) is 0 Å². The molecule has 11 heavy (non-hydrogen) atoms. The Kier molecular flexibility index (Phi) is 2.66. The van der Waals surface area contributed by atoms with Crippen LogP contribution in [-0.4, -0.2) is 23.2 Å². The minimum atomic E-state index is 0.525. The molecule has 2 heteroatoms. The highest BCUT2D eigenvalue weighted by Crippen LogP contribution is 2.33. The number of hydrogen-bond acceptors (Lipinski definition) is 2. The van der Waals surface area contributed by atoms with Crippen LogP contribution in [-0.2, 0) is 0 Å². The van der Waals surface area contributed by atoms with Crippen LogP contribution in [0.3, 0.4) is 0 Å². The van der Waals surface area contributed by atoms with Gasteiger partial charge < -0.3 is 4.90 Å². The van der Waals surface area contributed by atoms with Crippen molar-refractivity contribution in [3.63, 3.8) is 0 Å². The Morgan fingerprint density at radius 1 is 1.82 bits per heavy atom. The van der Waals surface area contributed by atoms with Crippen molar-refractivity contribution in [2.45, 2.75) is 19.9 Å². The molecule has 0 aromatic carbocycles. The Morgan fingerprint density at radius 3 is 2.82 bits per heavy atom. The average Bonchev–Trinajstić information content (AvgIpc) is 2.30. The molecule has 1 aliphatic heterocycles. The lowest BCUT2D eigenvalue weighted by atomic mass is 10.1. The molecular weight excluding hydrogens is 154 g/mol. The van der Waals surface area contributed by atoms with Crippen LogP contribution >= 0.6 is 11.8 Å². The first-order valence-electron chi connectivity index (χ1n) is 3.90. The van der Waals surface area contributed by atoms with Gasteiger partial charge in [-0.1, -0.05) is 18.7 Å². The van der Waals surface area contributed by atoms with Crippen LogP contribution in [0.25, 0.3) is 0 Å². The maximum absolute atomic E-state index is 3.99. The summed E-state index contributed by atoms with van der Waals surface area (Å²) in [7, 11) is 0. The Morgan fingerprint density at radius 2 is 2.45 bits per heavy atom. The lowest BCUT2D eigenvalue weighted by molar-refractivity contribution is 0.353. The fourth-order valence-corrected chi connectivity index (χ4v) is 2.56. The fraction of sp³-hybridized carbons (Fsp3) is 0.556. The quantitative estimate of drug-likeness (QED) is 0.584. The van der Waals surface area contributed by atoms with E-state index in [1.165, 1.54) is 10.6 Å². The summed E-state index contributed by atoms with van der Waals surface area (Å²) in [5, 5.41) is 1.19. The number of hydrogen-bond donors (Lipinski definition) is 0. The van der Waals surface area contributed by atoms with Gasteiger partial charge in [-0.15, -0.1) is 11.8 Å². The van der Waals surface area contributed by atoms with E-state index >= 15 is 0 Å². The standard InChI is InChI=1S/C9H15NS/c1-5-10-8(4)11-6-9(10)7(2)3/h9H,2,4-6H2,1,3H3. The lowest BCUT2D eigenvalue weighted by Crippen LogP contribution is -2.29. The molecule has 0 aromatic heterocycles. The van der Waals surface area contributed by atoms with Gasteiger partial charge >= 0.3 is 0 Å². The second-order valence-corrected chi connectivity index (χ2v) is 3.95. The number of thioether (sulfide) groups is 1. The van der Waals surface area contributed by atoms with Gasteiger partial charge in [-0.3, -0.25) is 0 Å². The Hall–Kier alpha value is -0.370. The van der Waals surface area contributed by atoms with Crippen molar-refractivity contribution >= 4 is 11.8 Å². The molecule has 1 saturated heterocycles. The molecule has 0 saturated carbocycles. The molecule has 1 unspecified atom stereocenters. The highest BCUT2D eigenvalue weighted by molar-refractivity contribution is 8.03. The van der Waals surface area contributed by atoms with E-state index in [4.69, 9.17) is 0 Å². The minimum Gasteiger partial charge on any atom is -0.360 e. The van der Waals surface area contributed by atoms with E-state index in [2.05, 4.69) is 31.9 Å². The van der Waals surface area contributed by atoms with Gasteiger partial charge in [0.15, 0.2) is 0 Å². The number of rotatable bonds is 2. The summed E-state index contributed by atoms with van der Waals surface area (Å²) in [6.45, 7) is 13.3. The normalized spacial score (nSPS) is 24.4. The fourth-order valence-electron chi connectivity index (χ4n) is 1.33. The van der Waals surface area contributed by atoms with Gasteiger partial charge in [0, 0.05) is 12.3 Å². The van der Waals surface area contributed by atoms with E-state index in [0.717, 1.165) is 12.3 Å². The largest absolute Gasteiger partial charge is 0.360 e. The van der Waals surface area contributed by atoms with Gasteiger partial charge in [0.05, 0.1) is 11.1 Å². The van der Waals surface area contributed by atoms with Crippen LogP contribution in [0.1, 0.15) is 13.8 Å². The molecule has 1 rings (SSSR count). The summed E-state index contributed by atoms with van der Waals surface area (Å²) in [6.07, 6.45) is 0. The molecule has 0 spiro atoms. The van der Waals surface area contributed by atoms with Gasteiger partial charge in [-0.05, 0) is 13.8 Å². The third-order valence-electron chi connectivity index (χ3n) is 2.01. The molecule has 0 radical (unpaired) electrons. The Bertz CT molecular complexity index is 186. The topological polar surface area (TPSA) is 3.24 Å². The molecule has 0 amide bonds. The zero-order chi connectivity index (χ0) is 8.43. The van der Waals surface area contributed by atoms with E-state index in [-0.39, 0.29) is 0 Å². The van der Waals surface area contributed by atoms with Crippen molar-refractivity contribution in [3.05, 3.63) is 23.8 Å². The zero-order valence-electron chi connectivity index (χ0n) is 7.26. The molecule has 0 N–H and O–H groups in total. The van der Waals surface area contributed by atoms with Gasteiger partial charge in [0.25, 0.3) is 0 Å². The summed E-state index contributed by atoms with van der Waals surface area (Å²) >= 11 is 1.84. The second kappa shape index (κ2) is 3.35. The molecule has 1 fully saturated rings. The molecule has 0 aromatic rings. The first-order valence-corrected chi connectivity index (χ1v) is 4.89. The Labute approximate surface area is 73.2 Å². The first-order chi connectivity index (χ1) is 5.16. The average molecular weight is 169 g/mol. The maximum atomic E-state index is 3.99. The second-order valence-electron chi connectivity index (χ2n) is 2.85. The maximum Gasteiger partial charge on any atom is 0.0640 e. The van der Waals surface area contributed by atoms with Gasteiger partial charge in [0.2, 0.25) is 0 Å². The highest BCUT2D eigenvalue weighted by Gasteiger charge is 2.26. The first kappa shape index (κ1) is 8.72. The molecular formula is C9H15NS. The van der Waals surface area contributed by atoms with E-state index in [1.54, 1.807) is 0 Å². The van der Waals surface area contributed by atoms with Crippen molar-refractivity contribution in [2.75, 3.05) is 12.3 Å². The Balaban J connectivity index is 2.68. The van der Waals surface area contributed by atoms with E-state index in [0.29, 0.717) is 6.04 Å².